The van der Waals surface area contributed by atoms with E-state index in [1.165, 1.54) is 12.8 Å². The first-order chi connectivity index (χ1) is 6.22. The van der Waals surface area contributed by atoms with E-state index >= 15 is 0 Å². The third-order valence-corrected chi connectivity index (χ3v) is 3.85. The molecule has 3 unspecified atom stereocenters. The highest BCUT2D eigenvalue weighted by Gasteiger charge is 2.44. The number of alkyl halides is 1. The molecule has 1 saturated heterocycles. The molecular weight excluding hydrogens is 186 g/mol. The van der Waals surface area contributed by atoms with Crippen LogP contribution in [0, 0.1) is 17.8 Å². The maximum atomic E-state index is 11.1. The minimum Gasteiger partial charge on any atom is -0.343 e. The Morgan fingerprint density at radius 2 is 2.38 bits per heavy atom. The highest BCUT2D eigenvalue weighted by molar-refractivity contribution is 6.18. The Hall–Kier alpha value is -0.240. The van der Waals surface area contributed by atoms with Crippen molar-refractivity contribution in [2.45, 2.75) is 19.8 Å². The van der Waals surface area contributed by atoms with Crippen LogP contribution in [-0.2, 0) is 4.79 Å². The highest BCUT2D eigenvalue weighted by Crippen LogP contribution is 2.47. The first-order valence-corrected chi connectivity index (χ1v) is 5.57. The van der Waals surface area contributed by atoms with Gasteiger partial charge in [0.2, 0.25) is 5.91 Å². The Balaban J connectivity index is 1.82. The molecule has 0 spiro atoms. The Kier molecular flexibility index (Phi) is 2.50. The molecule has 0 radical (unpaired) electrons. The fraction of sp³-hybridized carbons (Fsp3) is 0.900. The van der Waals surface area contributed by atoms with E-state index in [4.69, 9.17) is 11.6 Å². The average Bonchev–Trinajstić information content (AvgIpc) is 2.73. The maximum Gasteiger partial charge on any atom is 0.219 e. The number of nitrogens with zero attached hydrogens (tertiary/aromatic N) is 1. The molecule has 2 aliphatic rings. The van der Waals surface area contributed by atoms with Gasteiger partial charge in [0.05, 0.1) is 0 Å². The second kappa shape index (κ2) is 3.49. The van der Waals surface area contributed by atoms with Crippen molar-refractivity contribution in [3.05, 3.63) is 0 Å². The van der Waals surface area contributed by atoms with Crippen LogP contribution in [-0.4, -0.2) is 29.8 Å². The molecule has 1 heterocycles. The van der Waals surface area contributed by atoms with Gasteiger partial charge in [0.25, 0.3) is 0 Å². The number of carbonyl (C=O) groups excluding carboxylic acids is 1. The van der Waals surface area contributed by atoms with E-state index in [2.05, 4.69) is 0 Å². The van der Waals surface area contributed by atoms with Crippen molar-refractivity contribution in [1.29, 1.82) is 0 Å². The zero-order valence-electron chi connectivity index (χ0n) is 8.00. The van der Waals surface area contributed by atoms with Gasteiger partial charge in [0.15, 0.2) is 0 Å². The van der Waals surface area contributed by atoms with Crippen LogP contribution in [0.25, 0.3) is 0 Å². The highest BCUT2D eigenvalue weighted by atomic mass is 35.5. The van der Waals surface area contributed by atoms with Crippen LogP contribution < -0.4 is 0 Å². The Labute approximate surface area is 84.2 Å². The van der Waals surface area contributed by atoms with E-state index in [1.807, 2.05) is 4.90 Å². The standard InChI is InChI=1S/C10H16ClNO/c1-7(13)12-3-2-8(6-12)10-4-9(10)5-11/h8-10H,2-6H2,1H3. The van der Waals surface area contributed by atoms with E-state index in [0.717, 1.165) is 36.7 Å². The Bertz CT molecular complexity index is 219. The van der Waals surface area contributed by atoms with Gasteiger partial charge in [-0.3, -0.25) is 4.79 Å². The van der Waals surface area contributed by atoms with Crippen LogP contribution in [0.2, 0.25) is 0 Å². The number of hydrogen-bond donors (Lipinski definition) is 0. The van der Waals surface area contributed by atoms with Gasteiger partial charge in [-0.25, -0.2) is 0 Å². The van der Waals surface area contributed by atoms with E-state index < -0.39 is 0 Å². The van der Waals surface area contributed by atoms with Gasteiger partial charge in [0, 0.05) is 25.9 Å². The number of carbonyl (C=O) groups is 1. The molecule has 0 aromatic carbocycles. The third-order valence-electron chi connectivity index (χ3n) is 3.45. The lowest BCUT2D eigenvalue weighted by molar-refractivity contribution is -0.127. The predicted molar refractivity (Wildman–Crippen MR) is 52.7 cm³/mol. The lowest BCUT2D eigenvalue weighted by Gasteiger charge is -2.13. The fourth-order valence-corrected chi connectivity index (χ4v) is 2.80. The van der Waals surface area contributed by atoms with Crippen molar-refractivity contribution in [3.63, 3.8) is 0 Å². The molecule has 0 bridgehead atoms. The zero-order valence-corrected chi connectivity index (χ0v) is 8.76. The minimum atomic E-state index is 0.227. The Morgan fingerprint density at radius 1 is 1.62 bits per heavy atom. The molecule has 1 saturated carbocycles. The molecule has 2 nitrogen and oxygen atoms in total. The van der Waals surface area contributed by atoms with Crippen LogP contribution in [0.5, 0.6) is 0 Å². The molecule has 0 N–H and O–H groups in total. The van der Waals surface area contributed by atoms with Crippen LogP contribution in [0.4, 0.5) is 0 Å². The Morgan fingerprint density at radius 3 is 2.85 bits per heavy atom. The molecule has 1 aliphatic carbocycles. The topological polar surface area (TPSA) is 20.3 Å². The monoisotopic (exact) mass is 201 g/mol. The van der Waals surface area contributed by atoms with Crippen molar-refractivity contribution in [1.82, 2.24) is 4.90 Å². The zero-order chi connectivity index (χ0) is 9.42. The number of rotatable bonds is 2. The van der Waals surface area contributed by atoms with Crippen molar-refractivity contribution >= 4 is 17.5 Å². The minimum absolute atomic E-state index is 0.227. The third kappa shape index (κ3) is 1.83. The van der Waals surface area contributed by atoms with Gasteiger partial charge < -0.3 is 4.90 Å². The van der Waals surface area contributed by atoms with E-state index in [1.54, 1.807) is 6.92 Å². The van der Waals surface area contributed by atoms with Crippen LogP contribution in [0.3, 0.4) is 0 Å². The molecule has 0 aromatic heterocycles. The summed E-state index contributed by atoms with van der Waals surface area (Å²) in [6.45, 7) is 3.60. The predicted octanol–water partition coefficient (Wildman–Crippen LogP) is 1.73. The van der Waals surface area contributed by atoms with E-state index in [-0.39, 0.29) is 5.91 Å². The van der Waals surface area contributed by atoms with Crippen LogP contribution in [0.15, 0.2) is 0 Å². The summed E-state index contributed by atoms with van der Waals surface area (Å²) in [4.78, 5) is 13.1. The molecule has 2 rings (SSSR count). The first kappa shape index (κ1) is 9.32. The summed E-state index contributed by atoms with van der Waals surface area (Å²) >= 11 is 5.79. The molecule has 3 atom stereocenters. The molecule has 2 fully saturated rings. The number of amides is 1. The number of likely N-dealkylation sites (tertiary alicyclic amines) is 1. The van der Waals surface area contributed by atoms with Crippen LogP contribution >= 0.6 is 11.6 Å². The van der Waals surface area contributed by atoms with Crippen molar-refractivity contribution < 1.29 is 4.79 Å². The normalized spacial score (nSPS) is 38.0. The van der Waals surface area contributed by atoms with Gasteiger partial charge in [-0.05, 0) is 30.6 Å². The molecule has 3 heteroatoms. The number of hydrogen-bond acceptors (Lipinski definition) is 1. The quantitative estimate of drug-likeness (QED) is 0.624. The van der Waals surface area contributed by atoms with E-state index in [0.29, 0.717) is 0 Å². The van der Waals surface area contributed by atoms with Crippen molar-refractivity contribution in [3.8, 4) is 0 Å². The number of halogens is 1. The summed E-state index contributed by atoms with van der Waals surface area (Å²) in [5, 5.41) is 0. The molecular formula is C10H16ClNO. The summed E-state index contributed by atoms with van der Waals surface area (Å²) in [6, 6.07) is 0. The SMILES string of the molecule is CC(=O)N1CCC(C2CC2CCl)C1. The molecule has 13 heavy (non-hydrogen) atoms. The summed E-state index contributed by atoms with van der Waals surface area (Å²) in [7, 11) is 0. The summed E-state index contributed by atoms with van der Waals surface area (Å²) in [6.07, 6.45) is 2.48. The van der Waals surface area contributed by atoms with Gasteiger partial charge in [0.1, 0.15) is 0 Å². The molecule has 0 aromatic rings. The lowest BCUT2D eigenvalue weighted by atomic mass is 10.0. The largest absolute Gasteiger partial charge is 0.343 e. The van der Waals surface area contributed by atoms with Gasteiger partial charge >= 0.3 is 0 Å². The molecule has 74 valence electrons. The van der Waals surface area contributed by atoms with Crippen molar-refractivity contribution in [2.24, 2.45) is 17.8 Å². The second-order valence-electron chi connectivity index (χ2n) is 4.33. The smallest absolute Gasteiger partial charge is 0.219 e. The fourth-order valence-electron chi connectivity index (χ4n) is 2.45. The maximum absolute atomic E-state index is 11.1. The second-order valence-corrected chi connectivity index (χ2v) is 4.64. The van der Waals surface area contributed by atoms with Crippen molar-refractivity contribution in [2.75, 3.05) is 19.0 Å². The average molecular weight is 202 g/mol. The van der Waals surface area contributed by atoms with Gasteiger partial charge in [-0.1, -0.05) is 0 Å². The first-order valence-electron chi connectivity index (χ1n) is 5.04. The van der Waals surface area contributed by atoms with E-state index in [9.17, 15) is 4.79 Å². The van der Waals surface area contributed by atoms with Gasteiger partial charge in [-0.2, -0.15) is 0 Å². The van der Waals surface area contributed by atoms with Gasteiger partial charge in [-0.15, -0.1) is 11.6 Å². The van der Waals surface area contributed by atoms with Crippen LogP contribution in [0.1, 0.15) is 19.8 Å². The molecule has 1 aliphatic heterocycles. The summed E-state index contributed by atoms with van der Waals surface area (Å²) in [5.41, 5.74) is 0. The summed E-state index contributed by atoms with van der Waals surface area (Å²) < 4.78 is 0. The molecule has 1 amide bonds. The summed E-state index contributed by atoms with van der Waals surface area (Å²) in [5.74, 6) is 3.35. The lowest BCUT2D eigenvalue weighted by Crippen LogP contribution is -2.26.